The minimum atomic E-state index is -0.0361. The third-order valence-electron chi connectivity index (χ3n) is 3.99. The maximum Gasteiger partial charge on any atom is 0.259 e. The predicted octanol–water partition coefficient (Wildman–Crippen LogP) is 3.65. The number of hydrogen-bond donors (Lipinski definition) is 0. The Labute approximate surface area is 130 Å². The fourth-order valence-electron chi connectivity index (χ4n) is 2.77. The SMILES string of the molecule is C#Cc1cc2ccccc2c(=O)n1Cc1ccc(C)cc1C. The molecule has 2 nitrogen and oxygen atoms in total. The van der Waals surface area contributed by atoms with Crippen molar-refractivity contribution in [3.05, 3.63) is 81.3 Å². The zero-order valence-corrected chi connectivity index (χ0v) is 12.8. The quantitative estimate of drug-likeness (QED) is 0.659. The molecule has 0 bridgehead atoms. The Morgan fingerprint density at radius 1 is 1.09 bits per heavy atom. The molecule has 0 amide bonds. The van der Waals surface area contributed by atoms with Gasteiger partial charge >= 0.3 is 0 Å². The molecule has 0 unspecified atom stereocenters. The lowest BCUT2D eigenvalue weighted by Gasteiger charge is -2.13. The van der Waals surface area contributed by atoms with Crippen molar-refractivity contribution in [1.82, 2.24) is 4.57 Å². The average Bonchev–Trinajstić information content (AvgIpc) is 2.52. The summed E-state index contributed by atoms with van der Waals surface area (Å²) in [5.74, 6) is 2.64. The molecule has 3 rings (SSSR count). The third kappa shape index (κ3) is 2.42. The number of benzene rings is 2. The highest BCUT2D eigenvalue weighted by atomic mass is 16.1. The van der Waals surface area contributed by atoms with Crippen LogP contribution >= 0.6 is 0 Å². The molecule has 1 heterocycles. The standard InChI is InChI=1S/C20H17NO/c1-4-18-12-16-7-5-6-8-19(16)20(22)21(18)13-17-10-9-14(2)11-15(17)3/h1,5-12H,13H2,2-3H3. The van der Waals surface area contributed by atoms with Crippen molar-refractivity contribution in [2.45, 2.75) is 20.4 Å². The summed E-state index contributed by atoms with van der Waals surface area (Å²) >= 11 is 0. The van der Waals surface area contributed by atoms with Gasteiger partial charge in [-0.1, -0.05) is 47.9 Å². The van der Waals surface area contributed by atoms with Crippen molar-refractivity contribution < 1.29 is 0 Å². The predicted molar refractivity (Wildman–Crippen MR) is 91.2 cm³/mol. The van der Waals surface area contributed by atoms with E-state index in [-0.39, 0.29) is 5.56 Å². The van der Waals surface area contributed by atoms with Gasteiger partial charge in [0.1, 0.15) is 0 Å². The third-order valence-corrected chi connectivity index (χ3v) is 3.99. The van der Waals surface area contributed by atoms with Crippen LogP contribution in [0.5, 0.6) is 0 Å². The molecule has 0 atom stereocenters. The summed E-state index contributed by atoms with van der Waals surface area (Å²) in [4.78, 5) is 12.8. The van der Waals surface area contributed by atoms with Crippen molar-refractivity contribution in [2.75, 3.05) is 0 Å². The molecule has 22 heavy (non-hydrogen) atoms. The van der Waals surface area contributed by atoms with Crippen molar-refractivity contribution in [2.24, 2.45) is 0 Å². The van der Waals surface area contributed by atoms with Gasteiger partial charge in [-0.3, -0.25) is 9.36 Å². The Kier molecular flexibility index (Phi) is 3.56. The first-order valence-electron chi connectivity index (χ1n) is 7.25. The number of aromatic nitrogens is 1. The van der Waals surface area contributed by atoms with Gasteiger partial charge in [0.05, 0.1) is 12.2 Å². The molecule has 0 aliphatic heterocycles. The first-order valence-corrected chi connectivity index (χ1v) is 7.25. The normalized spacial score (nSPS) is 10.6. The fourth-order valence-corrected chi connectivity index (χ4v) is 2.77. The van der Waals surface area contributed by atoms with Crippen molar-refractivity contribution in [1.29, 1.82) is 0 Å². The molecule has 0 fully saturated rings. The monoisotopic (exact) mass is 287 g/mol. The number of terminal acetylenes is 1. The summed E-state index contributed by atoms with van der Waals surface area (Å²) in [5, 5.41) is 1.59. The molecule has 0 saturated heterocycles. The maximum atomic E-state index is 12.8. The molecule has 2 aromatic carbocycles. The van der Waals surface area contributed by atoms with Crippen molar-refractivity contribution in [3.8, 4) is 12.3 Å². The van der Waals surface area contributed by atoms with E-state index in [1.165, 1.54) is 11.1 Å². The lowest BCUT2D eigenvalue weighted by Crippen LogP contribution is -2.23. The number of aryl methyl sites for hydroxylation is 2. The summed E-state index contributed by atoms with van der Waals surface area (Å²) in [7, 11) is 0. The van der Waals surface area contributed by atoms with E-state index in [1.807, 2.05) is 30.3 Å². The Morgan fingerprint density at radius 3 is 2.59 bits per heavy atom. The summed E-state index contributed by atoms with van der Waals surface area (Å²) in [6, 6.07) is 15.7. The van der Waals surface area contributed by atoms with Crippen LogP contribution in [0.15, 0.2) is 53.3 Å². The average molecular weight is 287 g/mol. The molecule has 0 radical (unpaired) electrons. The Hall–Kier alpha value is -2.79. The van der Waals surface area contributed by atoms with Crippen LogP contribution in [0.4, 0.5) is 0 Å². The van der Waals surface area contributed by atoms with Crippen LogP contribution in [-0.2, 0) is 6.54 Å². The molecular weight excluding hydrogens is 270 g/mol. The molecular formula is C20H17NO. The van der Waals surface area contributed by atoms with E-state index >= 15 is 0 Å². The summed E-state index contributed by atoms with van der Waals surface area (Å²) in [6.45, 7) is 4.62. The minimum absolute atomic E-state index is 0.0361. The molecule has 0 saturated carbocycles. The van der Waals surface area contributed by atoms with Crippen molar-refractivity contribution >= 4 is 10.8 Å². The zero-order valence-electron chi connectivity index (χ0n) is 12.8. The first-order chi connectivity index (χ1) is 10.6. The van der Waals surface area contributed by atoms with Gasteiger partial charge in [-0.15, -0.1) is 6.42 Å². The largest absolute Gasteiger partial charge is 0.296 e. The van der Waals surface area contributed by atoms with E-state index in [2.05, 4.69) is 38.0 Å². The van der Waals surface area contributed by atoms with Crippen LogP contribution in [0.3, 0.4) is 0 Å². The highest BCUT2D eigenvalue weighted by molar-refractivity contribution is 5.82. The van der Waals surface area contributed by atoms with Gasteiger partial charge in [0, 0.05) is 5.39 Å². The molecule has 0 aliphatic rings. The molecule has 108 valence electrons. The Balaban J connectivity index is 2.20. The lowest BCUT2D eigenvalue weighted by molar-refractivity contribution is 0.753. The number of pyridine rings is 1. The van der Waals surface area contributed by atoms with Crippen LogP contribution in [-0.4, -0.2) is 4.57 Å². The van der Waals surface area contributed by atoms with Gasteiger partial charge in [-0.2, -0.15) is 0 Å². The van der Waals surface area contributed by atoms with Gasteiger partial charge in [-0.05, 0) is 42.5 Å². The van der Waals surface area contributed by atoms with E-state index in [0.29, 0.717) is 17.6 Å². The van der Waals surface area contributed by atoms with Crippen LogP contribution in [0, 0.1) is 26.2 Å². The Bertz CT molecular complexity index is 958. The molecule has 3 aromatic rings. The summed E-state index contributed by atoms with van der Waals surface area (Å²) in [5.41, 5.74) is 4.07. The second-order valence-corrected chi connectivity index (χ2v) is 5.58. The number of nitrogens with zero attached hydrogens (tertiary/aromatic N) is 1. The zero-order chi connectivity index (χ0) is 15.7. The van der Waals surface area contributed by atoms with E-state index in [9.17, 15) is 4.79 Å². The van der Waals surface area contributed by atoms with Gasteiger partial charge in [0.15, 0.2) is 0 Å². The summed E-state index contributed by atoms with van der Waals surface area (Å²) < 4.78 is 1.68. The smallest absolute Gasteiger partial charge is 0.259 e. The molecule has 0 aliphatic carbocycles. The van der Waals surface area contributed by atoms with E-state index in [4.69, 9.17) is 6.42 Å². The van der Waals surface area contributed by atoms with E-state index in [1.54, 1.807) is 4.57 Å². The number of rotatable bonds is 2. The second-order valence-electron chi connectivity index (χ2n) is 5.58. The van der Waals surface area contributed by atoms with E-state index in [0.717, 1.165) is 10.9 Å². The molecule has 0 N–H and O–H groups in total. The Morgan fingerprint density at radius 2 is 1.86 bits per heavy atom. The first kappa shape index (κ1) is 14.2. The van der Waals surface area contributed by atoms with Gasteiger partial charge in [0.25, 0.3) is 5.56 Å². The minimum Gasteiger partial charge on any atom is -0.296 e. The number of fused-ring (bicyclic) bond motifs is 1. The lowest BCUT2D eigenvalue weighted by atomic mass is 10.0. The van der Waals surface area contributed by atoms with Crippen LogP contribution in [0.25, 0.3) is 10.8 Å². The molecule has 1 aromatic heterocycles. The van der Waals surface area contributed by atoms with Crippen LogP contribution < -0.4 is 5.56 Å². The molecule has 2 heteroatoms. The fraction of sp³-hybridized carbons (Fsp3) is 0.150. The molecule has 0 spiro atoms. The summed E-state index contributed by atoms with van der Waals surface area (Å²) in [6.07, 6.45) is 5.62. The topological polar surface area (TPSA) is 22.0 Å². The second kappa shape index (κ2) is 5.54. The van der Waals surface area contributed by atoms with Gasteiger partial charge in [0.2, 0.25) is 0 Å². The van der Waals surface area contributed by atoms with Gasteiger partial charge in [-0.25, -0.2) is 0 Å². The van der Waals surface area contributed by atoms with E-state index < -0.39 is 0 Å². The van der Waals surface area contributed by atoms with Crippen molar-refractivity contribution in [3.63, 3.8) is 0 Å². The van der Waals surface area contributed by atoms with Crippen LogP contribution in [0.1, 0.15) is 22.4 Å². The van der Waals surface area contributed by atoms with Gasteiger partial charge < -0.3 is 0 Å². The van der Waals surface area contributed by atoms with Crippen LogP contribution in [0.2, 0.25) is 0 Å². The highest BCUT2D eigenvalue weighted by Crippen LogP contribution is 2.15. The highest BCUT2D eigenvalue weighted by Gasteiger charge is 2.09. The maximum absolute atomic E-state index is 12.8. The number of hydrogen-bond acceptors (Lipinski definition) is 1.